The summed E-state index contributed by atoms with van der Waals surface area (Å²) < 4.78 is 5.64. The summed E-state index contributed by atoms with van der Waals surface area (Å²) >= 11 is 0. The van der Waals surface area contributed by atoms with Gasteiger partial charge in [-0.25, -0.2) is 0 Å². The van der Waals surface area contributed by atoms with Gasteiger partial charge in [0.1, 0.15) is 5.82 Å². The smallest absolute Gasteiger partial charge is 0.239 e. The molecule has 2 rings (SSSR count). The minimum atomic E-state index is 0.545. The van der Waals surface area contributed by atoms with Gasteiger partial charge in [0.2, 0.25) is 5.88 Å². The van der Waals surface area contributed by atoms with Gasteiger partial charge in [0.05, 0.1) is 12.3 Å². The van der Waals surface area contributed by atoms with E-state index in [1.807, 2.05) is 12.1 Å². The first kappa shape index (κ1) is 12.7. The molecule has 1 aliphatic carbocycles. The van der Waals surface area contributed by atoms with Gasteiger partial charge < -0.3 is 15.8 Å². The molecule has 0 bridgehead atoms. The highest BCUT2D eigenvalue weighted by molar-refractivity contribution is 5.53. The Labute approximate surface area is 108 Å². The molecule has 4 heteroatoms. The first-order chi connectivity index (χ1) is 8.65. The molecule has 1 saturated carbocycles. The number of hydrogen-bond acceptors (Lipinski definition) is 4. The first-order valence-electron chi connectivity index (χ1n) is 6.41. The molecule has 1 aromatic heterocycles. The van der Waals surface area contributed by atoms with Crippen LogP contribution in [0.1, 0.15) is 26.7 Å². The van der Waals surface area contributed by atoms with E-state index in [-0.39, 0.29) is 0 Å². The van der Waals surface area contributed by atoms with Crippen LogP contribution in [0.15, 0.2) is 23.8 Å². The predicted molar refractivity (Wildman–Crippen MR) is 74.8 cm³/mol. The summed E-state index contributed by atoms with van der Waals surface area (Å²) in [5.74, 6) is 2.05. The van der Waals surface area contributed by atoms with Gasteiger partial charge in [-0.1, -0.05) is 11.6 Å². The fourth-order valence-corrected chi connectivity index (χ4v) is 1.51. The second-order valence-corrected chi connectivity index (χ2v) is 5.01. The average molecular weight is 247 g/mol. The molecule has 0 aliphatic heterocycles. The number of allylic oxidation sites excluding steroid dienone is 1. The Morgan fingerprint density at radius 1 is 1.50 bits per heavy atom. The van der Waals surface area contributed by atoms with Crippen LogP contribution in [-0.2, 0) is 0 Å². The largest absolute Gasteiger partial charge is 0.476 e. The van der Waals surface area contributed by atoms with E-state index in [9.17, 15) is 0 Å². The third-order valence-electron chi connectivity index (χ3n) is 2.84. The van der Waals surface area contributed by atoms with Gasteiger partial charge in [0.25, 0.3) is 0 Å². The van der Waals surface area contributed by atoms with Gasteiger partial charge in [-0.2, -0.15) is 4.98 Å². The predicted octanol–water partition coefficient (Wildman–Crippen LogP) is 2.83. The summed E-state index contributed by atoms with van der Waals surface area (Å²) in [6, 6.07) is 3.71. The van der Waals surface area contributed by atoms with E-state index in [1.54, 1.807) is 0 Å². The number of nitrogens with zero attached hydrogens (tertiary/aromatic N) is 1. The van der Waals surface area contributed by atoms with E-state index in [1.165, 1.54) is 18.4 Å². The Morgan fingerprint density at radius 2 is 2.28 bits per heavy atom. The summed E-state index contributed by atoms with van der Waals surface area (Å²) in [6.45, 7) is 5.64. The SMILES string of the molecule is CC(C)=CCNc1ccc(N)c(OCC2CC2)n1. The van der Waals surface area contributed by atoms with Gasteiger partial charge in [-0.15, -0.1) is 0 Å². The molecule has 1 aromatic rings. The molecule has 1 heterocycles. The number of rotatable bonds is 6. The van der Waals surface area contributed by atoms with E-state index >= 15 is 0 Å². The highest BCUT2D eigenvalue weighted by Gasteiger charge is 2.22. The van der Waals surface area contributed by atoms with Crippen molar-refractivity contribution in [2.24, 2.45) is 5.92 Å². The molecule has 1 aliphatic rings. The van der Waals surface area contributed by atoms with Crippen LogP contribution in [0.25, 0.3) is 0 Å². The van der Waals surface area contributed by atoms with Crippen molar-refractivity contribution in [2.45, 2.75) is 26.7 Å². The number of nitrogens with one attached hydrogen (secondary N) is 1. The van der Waals surface area contributed by atoms with Crippen molar-refractivity contribution < 1.29 is 4.74 Å². The maximum absolute atomic E-state index is 5.85. The molecule has 4 nitrogen and oxygen atoms in total. The maximum Gasteiger partial charge on any atom is 0.239 e. The molecule has 0 atom stereocenters. The molecular formula is C14H21N3O. The van der Waals surface area contributed by atoms with Crippen LogP contribution in [0.2, 0.25) is 0 Å². The van der Waals surface area contributed by atoms with Crippen LogP contribution in [0, 0.1) is 5.92 Å². The molecule has 0 spiro atoms. The molecule has 0 aromatic carbocycles. The monoisotopic (exact) mass is 247 g/mol. The number of aromatic nitrogens is 1. The standard InChI is InChI=1S/C14H21N3O/c1-10(2)7-8-16-13-6-5-12(15)14(17-13)18-9-11-3-4-11/h5-7,11H,3-4,8-9,15H2,1-2H3,(H,16,17). The minimum absolute atomic E-state index is 0.545. The number of hydrogen-bond donors (Lipinski definition) is 2. The zero-order valence-corrected chi connectivity index (χ0v) is 11.1. The number of pyridine rings is 1. The third-order valence-corrected chi connectivity index (χ3v) is 2.84. The maximum atomic E-state index is 5.85. The zero-order valence-electron chi connectivity index (χ0n) is 11.1. The summed E-state index contributed by atoms with van der Waals surface area (Å²) in [5, 5.41) is 3.22. The zero-order chi connectivity index (χ0) is 13.0. The Hall–Kier alpha value is -1.71. The topological polar surface area (TPSA) is 60.2 Å². The average Bonchev–Trinajstić information content (AvgIpc) is 3.13. The number of anilines is 2. The van der Waals surface area contributed by atoms with Crippen molar-refractivity contribution >= 4 is 11.5 Å². The summed E-state index contributed by atoms with van der Waals surface area (Å²) in [4.78, 5) is 4.38. The van der Waals surface area contributed by atoms with Crippen LogP contribution in [0.5, 0.6) is 5.88 Å². The third kappa shape index (κ3) is 3.95. The van der Waals surface area contributed by atoms with Crippen LogP contribution in [0.4, 0.5) is 11.5 Å². The van der Waals surface area contributed by atoms with Crippen molar-refractivity contribution in [2.75, 3.05) is 24.2 Å². The minimum Gasteiger partial charge on any atom is -0.476 e. The van der Waals surface area contributed by atoms with Crippen molar-refractivity contribution in [1.82, 2.24) is 4.98 Å². The van der Waals surface area contributed by atoms with E-state index in [0.29, 0.717) is 17.5 Å². The number of nitrogen functional groups attached to an aromatic ring is 1. The van der Waals surface area contributed by atoms with Crippen molar-refractivity contribution in [3.8, 4) is 5.88 Å². The van der Waals surface area contributed by atoms with E-state index < -0.39 is 0 Å². The van der Waals surface area contributed by atoms with E-state index in [4.69, 9.17) is 10.5 Å². The molecule has 0 saturated heterocycles. The highest BCUT2D eigenvalue weighted by atomic mass is 16.5. The summed E-state index contributed by atoms with van der Waals surface area (Å²) in [5.41, 5.74) is 7.73. The highest BCUT2D eigenvalue weighted by Crippen LogP contribution is 2.30. The molecule has 0 radical (unpaired) electrons. The molecule has 1 fully saturated rings. The quantitative estimate of drug-likeness (QED) is 0.759. The summed E-state index contributed by atoms with van der Waals surface area (Å²) in [7, 11) is 0. The Balaban J connectivity index is 1.93. The van der Waals surface area contributed by atoms with Gasteiger partial charge in [-0.05, 0) is 44.7 Å². The molecule has 18 heavy (non-hydrogen) atoms. The number of ether oxygens (including phenoxy) is 1. The second kappa shape index (κ2) is 5.76. The van der Waals surface area contributed by atoms with Crippen molar-refractivity contribution in [3.63, 3.8) is 0 Å². The van der Waals surface area contributed by atoms with Crippen LogP contribution in [-0.4, -0.2) is 18.1 Å². The van der Waals surface area contributed by atoms with Gasteiger partial charge in [0, 0.05) is 6.54 Å². The van der Waals surface area contributed by atoms with Crippen LogP contribution >= 0.6 is 0 Å². The van der Waals surface area contributed by atoms with E-state index in [2.05, 4.69) is 30.2 Å². The Bertz CT molecular complexity index is 435. The molecule has 98 valence electrons. The normalized spacial score (nSPS) is 14.1. The lowest BCUT2D eigenvalue weighted by Gasteiger charge is -2.09. The first-order valence-corrected chi connectivity index (χ1v) is 6.41. The number of nitrogens with two attached hydrogens (primary N) is 1. The fourth-order valence-electron chi connectivity index (χ4n) is 1.51. The molecule has 3 N–H and O–H groups in total. The molecule has 0 amide bonds. The summed E-state index contributed by atoms with van der Waals surface area (Å²) in [6.07, 6.45) is 4.64. The second-order valence-electron chi connectivity index (χ2n) is 5.01. The Morgan fingerprint density at radius 3 is 2.94 bits per heavy atom. The Kier molecular flexibility index (Phi) is 4.07. The van der Waals surface area contributed by atoms with Crippen LogP contribution < -0.4 is 15.8 Å². The molecule has 0 unspecified atom stereocenters. The van der Waals surface area contributed by atoms with Gasteiger partial charge in [-0.3, -0.25) is 0 Å². The fraction of sp³-hybridized carbons (Fsp3) is 0.500. The van der Waals surface area contributed by atoms with Crippen molar-refractivity contribution in [1.29, 1.82) is 0 Å². The lowest BCUT2D eigenvalue weighted by molar-refractivity contribution is 0.290. The van der Waals surface area contributed by atoms with Crippen molar-refractivity contribution in [3.05, 3.63) is 23.8 Å². The van der Waals surface area contributed by atoms with Crippen LogP contribution in [0.3, 0.4) is 0 Å². The van der Waals surface area contributed by atoms with Gasteiger partial charge in [0.15, 0.2) is 0 Å². The molecular weight excluding hydrogens is 226 g/mol. The van der Waals surface area contributed by atoms with Gasteiger partial charge >= 0.3 is 0 Å². The van der Waals surface area contributed by atoms with E-state index in [0.717, 1.165) is 19.0 Å². The lowest BCUT2D eigenvalue weighted by Crippen LogP contribution is -2.07. The lowest BCUT2D eigenvalue weighted by atomic mass is 10.3.